The van der Waals surface area contributed by atoms with Crippen molar-refractivity contribution in [3.05, 3.63) is 53.7 Å². The van der Waals surface area contributed by atoms with Gasteiger partial charge in [-0.2, -0.15) is 0 Å². The summed E-state index contributed by atoms with van der Waals surface area (Å²) in [5, 5.41) is 0.139. The molecule has 0 bridgehead atoms. The average Bonchev–Trinajstić information content (AvgIpc) is 3.38. The van der Waals surface area contributed by atoms with E-state index >= 15 is 0 Å². The largest absolute Gasteiger partial charge is 0.456 e. The first kappa shape index (κ1) is 23.2. The van der Waals surface area contributed by atoms with Crippen LogP contribution in [-0.4, -0.2) is 61.3 Å². The van der Waals surface area contributed by atoms with Crippen LogP contribution >= 0.6 is 11.6 Å². The van der Waals surface area contributed by atoms with Crippen LogP contribution in [0.5, 0.6) is 0 Å². The fraction of sp³-hybridized carbons (Fsp3) is 0.391. The van der Waals surface area contributed by atoms with Crippen LogP contribution in [0.1, 0.15) is 43.3 Å². The van der Waals surface area contributed by atoms with E-state index in [0.717, 1.165) is 0 Å². The lowest BCUT2D eigenvalue weighted by molar-refractivity contribution is -0.221. The Morgan fingerprint density at radius 1 is 1.06 bits per heavy atom. The number of aromatic nitrogens is 4. The van der Waals surface area contributed by atoms with Crippen molar-refractivity contribution in [3.8, 4) is 0 Å². The molecule has 3 heterocycles. The maximum Gasteiger partial charge on any atom is 0.338 e. The fourth-order valence-electron chi connectivity index (χ4n) is 4.61. The summed E-state index contributed by atoms with van der Waals surface area (Å²) in [5.74, 6) is -1.75. The van der Waals surface area contributed by atoms with E-state index in [1.807, 2.05) is 0 Å². The molecular formula is C23H21ClN4O7. The molecular weight excluding hydrogens is 480 g/mol. The molecule has 0 radical (unpaired) electrons. The maximum atomic E-state index is 12.8. The number of ether oxygens (including phenoxy) is 4. The molecule has 1 aliphatic carbocycles. The van der Waals surface area contributed by atoms with Gasteiger partial charge in [0.1, 0.15) is 23.5 Å². The van der Waals surface area contributed by atoms with Crippen molar-refractivity contribution in [3.63, 3.8) is 0 Å². The third kappa shape index (κ3) is 4.00. The molecule has 0 amide bonds. The number of halogens is 1. The zero-order valence-corrected chi connectivity index (χ0v) is 19.5. The van der Waals surface area contributed by atoms with Gasteiger partial charge in [-0.3, -0.25) is 14.2 Å². The number of hydrogen-bond acceptors (Lipinski definition) is 10. The van der Waals surface area contributed by atoms with Crippen LogP contribution in [0, 0.1) is 0 Å². The second-order valence-corrected chi connectivity index (χ2v) is 8.71. The molecule has 5 rings (SSSR count). The second kappa shape index (κ2) is 8.90. The molecule has 35 heavy (non-hydrogen) atoms. The average molecular weight is 501 g/mol. The van der Waals surface area contributed by atoms with Crippen LogP contribution in [0.4, 0.5) is 0 Å². The van der Waals surface area contributed by atoms with Gasteiger partial charge in [-0.15, -0.1) is 0 Å². The molecule has 0 N–H and O–H groups in total. The number of benzene rings is 1. The number of esters is 3. The lowest BCUT2D eigenvalue weighted by atomic mass is 9.72. The minimum atomic E-state index is -1.24. The minimum absolute atomic E-state index is 0.139. The number of nitrogens with zero attached hydrogens (tertiary/aromatic N) is 4. The predicted molar refractivity (Wildman–Crippen MR) is 119 cm³/mol. The zero-order chi connectivity index (χ0) is 24.7. The molecule has 2 aliphatic rings. The molecule has 1 aliphatic heterocycles. The number of carbonyl (C=O) groups excluding carboxylic acids is 3. The van der Waals surface area contributed by atoms with Crippen LogP contribution in [-0.2, 0) is 28.5 Å². The first-order chi connectivity index (χ1) is 16.8. The summed E-state index contributed by atoms with van der Waals surface area (Å²) in [5.41, 5.74) is -0.210. The van der Waals surface area contributed by atoms with Gasteiger partial charge in [0.05, 0.1) is 11.9 Å². The van der Waals surface area contributed by atoms with E-state index in [1.165, 1.54) is 31.1 Å². The third-order valence-corrected chi connectivity index (χ3v) is 6.46. The highest BCUT2D eigenvalue weighted by molar-refractivity contribution is 6.33. The quantitative estimate of drug-likeness (QED) is 0.292. The summed E-state index contributed by atoms with van der Waals surface area (Å²) in [6.45, 7) is 2.49. The lowest BCUT2D eigenvalue weighted by Gasteiger charge is -2.47. The van der Waals surface area contributed by atoms with Crippen LogP contribution in [0.2, 0.25) is 5.15 Å². The molecule has 182 valence electrons. The minimum Gasteiger partial charge on any atom is -0.456 e. The van der Waals surface area contributed by atoms with Crippen LogP contribution < -0.4 is 0 Å². The van der Waals surface area contributed by atoms with Crippen molar-refractivity contribution >= 4 is 40.7 Å². The Morgan fingerprint density at radius 3 is 2.46 bits per heavy atom. The Hall–Kier alpha value is -3.57. The standard InChI is InChI=1S/C23H21ClN4O7/c1-12(29)32-17-18(33-13(2)30)23(9-8-15(23)34-22(31)14-6-4-3-5-7-14)35-21(17)28-11-27-16-19(24)25-10-26-20(16)28/h3-7,10-11,15,17-18,21H,8-9H2,1-2H3/t15-,17?,18?,21?,23+/m0/s1. The van der Waals surface area contributed by atoms with Gasteiger partial charge < -0.3 is 18.9 Å². The molecule has 3 aromatic rings. The van der Waals surface area contributed by atoms with E-state index < -0.39 is 48.0 Å². The van der Waals surface area contributed by atoms with Crippen molar-refractivity contribution in [2.24, 2.45) is 0 Å². The summed E-state index contributed by atoms with van der Waals surface area (Å²) < 4.78 is 25.0. The number of imidazole rings is 1. The van der Waals surface area contributed by atoms with E-state index in [1.54, 1.807) is 30.3 Å². The van der Waals surface area contributed by atoms with Crippen LogP contribution in [0.3, 0.4) is 0 Å². The Balaban J connectivity index is 1.54. The van der Waals surface area contributed by atoms with Crippen molar-refractivity contribution in [2.45, 2.75) is 56.8 Å². The molecule has 2 aromatic heterocycles. The monoisotopic (exact) mass is 500 g/mol. The maximum absolute atomic E-state index is 12.8. The van der Waals surface area contributed by atoms with Gasteiger partial charge >= 0.3 is 17.9 Å². The van der Waals surface area contributed by atoms with E-state index in [9.17, 15) is 14.4 Å². The number of rotatable bonds is 5. The lowest BCUT2D eigenvalue weighted by Crippen LogP contribution is -2.62. The Bertz CT molecular complexity index is 1300. The van der Waals surface area contributed by atoms with Crippen LogP contribution in [0.15, 0.2) is 43.0 Å². The Labute approximate surface area is 204 Å². The molecule has 1 saturated carbocycles. The molecule has 2 fully saturated rings. The summed E-state index contributed by atoms with van der Waals surface area (Å²) in [6.07, 6.45) is -0.297. The molecule has 12 heteroatoms. The molecule has 1 aromatic carbocycles. The van der Waals surface area contributed by atoms with E-state index in [0.29, 0.717) is 29.6 Å². The highest BCUT2D eigenvalue weighted by Gasteiger charge is 2.68. The zero-order valence-electron chi connectivity index (χ0n) is 18.8. The topological polar surface area (TPSA) is 132 Å². The number of fused-ring (bicyclic) bond motifs is 1. The highest BCUT2D eigenvalue weighted by atomic mass is 35.5. The van der Waals surface area contributed by atoms with E-state index in [-0.39, 0.29) is 5.15 Å². The summed E-state index contributed by atoms with van der Waals surface area (Å²) >= 11 is 6.15. The summed E-state index contributed by atoms with van der Waals surface area (Å²) in [4.78, 5) is 49.3. The molecule has 3 unspecified atom stereocenters. The smallest absolute Gasteiger partial charge is 0.338 e. The van der Waals surface area contributed by atoms with Gasteiger partial charge in [-0.1, -0.05) is 29.8 Å². The Morgan fingerprint density at radius 2 is 1.80 bits per heavy atom. The second-order valence-electron chi connectivity index (χ2n) is 8.35. The fourth-order valence-corrected chi connectivity index (χ4v) is 4.78. The van der Waals surface area contributed by atoms with Crippen molar-refractivity contribution in [1.29, 1.82) is 0 Å². The SMILES string of the molecule is CC(=O)OC1C(n2cnc3c(Cl)ncnc32)O[C@@]2(CC[C@@H]2OC(=O)c2ccccc2)C1OC(C)=O. The molecule has 5 atom stereocenters. The van der Waals surface area contributed by atoms with Crippen molar-refractivity contribution in [2.75, 3.05) is 0 Å². The van der Waals surface area contributed by atoms with Gasteiger partial charge in [-0.05, 0) is 25.0 Å². The van der Waals surface area contributed by atoms with Crippen LogP contribution in [0.25, 0.3) is 11.2 Å². The highest BCUT2D eigenvalue weighted by Crippen LogP contribution is 2.53. The number of hydrogen-bond donors (Lipinski definition) is 0. The van der Waals surface area contributed by atoms with E-state index in [4.69, 9.17) is 30.5 Å². The van der Waals surface area contributed by atoms with Gasteiger partial charge in [0.15, 0.2) is 29.2 Å². The van der Waals surface area contributed by atoms with Gasteiger partial charge in [0.25, 0.3) is 0 Å². The summed E-state index contributed by atoms with van der Waals surface area (Å²) in [6, 6.07) is 8.52. The normalized spacial score (nSPS) is 27.4. The van der Waals surface area contributed by atoms with Gasteiger partial charge in [0.2, 0.25) is 0 Å². The first-order valence-corrected chi connectivity index (χ1v) is 11.3. The predicted octanol–water partition coefficient (Wildman–Crippen LogP) is 2.63. The molecule has 1 spiro atoms. The molecule has 11 nitrogen and oxygen atoms in total. The van der Waals surface area contributed by atoms with E-state index in [2.05, 4.69) is 15.0 Å². The third-order valence-electron chi connectivity index (χ3n) is 6.19. The van der Waals surface area contributed by atoms with Gasteiger partial charge in [0, 0.05) is 13.8 Å². The first-order valence-electron chi connectivity index (χ1n) is 10.9. The van der Waals surface area contributed by atoms with Crippen molar-refractivity contribution in [1.82, 2.24) is 19.5 Å². The van der Waals surface area contributed by atoms with Gasteiger partial charge in [-0.25, -0.2) is 19.7 Å². The Kier molecular flexibility index (Phi) is 5.89. The molecule has 1 saturated heterocycles. The summed E-state index contributed by atoms with van der Waals surface area (Å²) in [7, 11) is 0. The van der Waals surface area contributed by atoms with Crippen molar-refractivity contribution < 1.29 is 33.3 Å². The number of carbonyl (C=O) groups is 3.